The minimum Gasteiger partial charge on any atom is -0.478 e. The van der Waals surface area contributed by atoms with Gasteiger partial charge in [0, 0.05) is 0 Å². The summed E-state index contributed by atoms with van der Waals surface area (Å²) >= 11 is 0. The second-order valence-electron chi connectivity index (χ2n) is 6.62. The Bertz CT molecular complexity index is 550. The quantitative estimate of drug-likeness (QED) is 0.854. The van der Waals surface area contributed by atoms with Gasteiger partial charge in [0.2, 0.25) is 0 Å². The molecule has 1 saturated carbocycles. The van der Waals surface area contributed by atoms with Crippen molar-refractivity contribution in [2.45, 2.75) is 46.1 Å². The van der Waals surface area contributed by atoms with Gasteiger partial charge in [-0.3, -0.25) is 0 Å². The van der Waals surface area contributed by atoms with Crippen LogP contribution in [0.1, 0.15) is 60.7 Å². The molecule has 1 aromatic rings. The zero-order valence-electron chi connectivity index (χ0n) is 13.4. The molecule has 0 radical (unpaired) electrons. The van der Waals surface area contributed by atoms with E-state index in [1.165, 1.54) is 12.1 Å². The number of hydrogen-bond acceptors (Lipinski definition) is 3. The number of carbonyl (C=O) groups is 2. The van der Waals surface area contributed by atoms with Crippen LogP contribution in [0.5, 0.6) is 0 Å². The summed E-state index contributed by atoms with van der Waals surface area (Å²) in [6, 6.07) is 6.22. The van der Waals surface area contributed by atoms with E-state index in [-0.39, 0.29) is 17.2 Å². The fourth-order valence-electron chi connectivity index (χ4n) is 3.30. The summed E-state index contributed by atoms with van der Waals surface area (Å²) in [4.78, 5) is 23.7. The van der Waals surface area contributed by atoms with E-state index in [1.54, 1.807) is 12.1 Å². The lowest BCUT2D eigenvalue weighted by atomic mass is 9.75. The molecule has 0 unspecified atom stereocenters. The molecule has 120 valence electrons. The minimum atomic E-state index is -1.11. The van der Waals surface area contributed by atoms with Crippen molar-refractivity contribution < 1.29 is 19.4 Å². The maximum Gasteiger partial charge on any atom is 0.339 e. The number of carboxylic acid groups (broad SMARTS) is 1. The molecule has 0 saturated heterocycles. The molecular weight excluding hydrogens is 280 g/mol. The van der Waals surface area contributed by atoms with Gasteiger partial charge in [-0.25, -0.2) is 9.59 Å². The van der Waals surface area contributed by atoms with Crippen molar-refractivity contribution in [2.24, 2.45) is 17.8 Å². The van der Waals surface area contributed by atoms with Gasteiger partial charge in [0.15, 0.2) is 0 Å². The summed E-state index contributed by atoms with van der Waals surface area (Å²) in [5, 5.41) is 9.19. The standard InChI is InChI=1S/C18H24O4/c1-11(2)13-9-8-12(3)10-16(13)22-18(21)15-7-5-4-6-14(15)17(19)20/h4-7,11-13,16H,8-10H2,1-3H3,(H,19,20)/t12-,13+,16-/m0/s1. The highest BCUT2D eigenvalue weighted by Gasteiger charge is 2.34. The van der Waals surface area contributed by atoms with E-state index < -0.39 is 11.9 Å². The maximum atomic E-state index is 12.4. The van der Waals surface area contributed by atoms with E-state index in [0.717, 1.165) is 19.3 Å². The third-order valence-corrected chi connectivity index (χ3v) is 4.60. The lowest BCUT2D eigenvalue weighted by Crippen LogP contribution is -2.36. The van der Waals surface area contributed by atoms with Crippen LogP contribution in [0.3, 0.4) is 0 Å². The minimum absolute atomic E-state index is 0.00236. The molecule has 0 heterocycles. The van der Waals surface area contributed by atoms with Gasteiger partial charge in [-0.1, -0.05) is 39.3 Å². The normalized spacial score (nSPS) is 25.0. The van der Waals surface area contributed by atoms with Gasteiger partial charge in [-0.15, -0.1) is 0 Å². The molecule has 1 aliphatic rings. The zero-order chi connectivity index (χ0) is 16.3. The van der Waals surface area contributed by atoms with Crippen molar-refractivity contribution in [2.75, 3.05) is 0 Å². The third-order valence-electron chi connectivity index (χ3n) is 4.60. The molecule has 4 heteroatoms. The van der Waals surface area contributed by atoms with Crippen molar-refractivity contribution in [1.82, 2.24) is 0 Å². The summed E-state index contributed by atoms with van der Waals surface area (Å²) in [6.07, 6.45) is 2.93. The second kappa shape index (κ2) is 6.95. The molecule has 2 rings (SSSR count). The summed E-state index contributed by atoms with van der Waals surface area (Å²) in [5.74, 6) is -0.313. The van der Waals surface area contributed by atoms with Crippen LogP contribution in [0, 0.1) is 17.8 Å². The van der Waals surface area contributed by atoms with Crippen LogP contribution in [0.25, 0.3) is 0 Å². The smallest absolute Gasteiger partial charge is 0.339 e. The molecule has 22 heavy (non-hydrogen) atoms. The summed E-state index contributed by atoms with van der Waals surface area (Å²) in [7, 11) is 0. The fraction of sp³-hybridized carbons (Fsp3) is 0.556. The Morgan fingerprint density at radius 2 is 1.82 bits per heavy atom. The molecule has 1 fully saturated rings. The average Bonchev–Trinajstić information content (AvgIpc) is 2.46. The molecule has 0 bridgehead atoms. The number of aromatic carboxylic acids is 1. The van der Waals surface area contributed by atoms with Gasteiger partial charge >= 0.3 is 11.9 Å². The van der Waals surface area contributed by atoms with Gasteiger partial charge < -0.3 is 9.84 Å². The van der Waals surface area contributed by atoms with Crippen molar-refractivity contribution in [3.8, 4) is 0 Å². The maximum absolute atomic E-state index is 12.4. The molecule has 1 aliphatic carbocycles. The number of carbonyl (C=O) groups excluding carboxylic acids is 1. The molecule has 1 aromatic carbocycles. The first-order valence-electron chi connectivity index (χ1n) is 7.93. The largest absolute Gasteiger partial charge is 0.478 e. The Labute approximate surface area is 131 Å². The van der Waals surface area contributed by atoms with Crippen molar-refractivity contribution in [3.63, 3.8) is 0 Å². The van der Waals surface area contributed by atoms with Crippen LogP contribution in [0.4, 0.5) is 0 Å². The van der Waals surface area contributed by atoms with Gasteiger partial charge in [-0.2, -0.15) is 0 Å². The van der Waals surface area contributed by atoms with Crippen LogP contribution >= 0.6 is 0 Å². The van der Waals surface area contributed by atoms with Gasteiger partial charge in [0.1, 0.15) is 6.10 Å². The van der Waals surface area contributed by atoms with E-state index >= 15 is 0 Å². The number of esters is 1. The predicted octanol–water partition coefficient (Wildman–Crippen LogP) is 4.00. The number of benzene rings is 1. The first kappa shape index (κ1) is 16.5. The molecule has 0 aromatic heterocycles. The SMILES string of the molecule is CC(C)[C@H]1CC[C@H](C)C[C@@H]1OC(=O)c1ccccc1C(=O)O. The van der Waals surface area contributed by atoms with E-state index in [9.17, 15) is 14.7 Å². The zero-order valence-corrected chi connectivity index (χ0v) is 13.4. The van der Waals surface area contributed by atoms with Crippen LogP contribution in [0.15, 0.2) is 24.3 Å². The highest BCUT2D eigenvalue weighted by Crippen LogP contribution is 2.35. The number of carboxylic acids is 1. The summed E-state index contributed by atoms with van der Waals surface area (Å²) in [5.41, 5.74) is 0.133. The second-order valence-corrected chi connectivity index (χ2v) is 6.62. The fourth-order valence-corrected chi connectivity index (χ4v) is 3.30. The molecule has 3 atom stereocenters. The number of rotatable bonds is 4. The number of ether oxygens (including phenoxy) is 1. The Hall–Kier alpha value is -1.84. The van der Waals surface area contributed by atoms with E-state index in [0.29, 0.717) is 17.8 Å². The van der Waals surface area contributed by atoms with Gasteiger partial charge in [0.05, 0.1) is 11.1 Å². The van der Waals surface area contributed by atoms with Crippen LogP contribution in [0.2, 0.25) is 0 Å². The highest BCUT2D eigenvalue weighted by molar-refractivity contribution is 6.02. The first-order chi connectivity index (χ1) is 10.4. The van der Waals surface area contributed by atoms with Gasteiger partial charge in [0.25, 0.3) is 0 Å². The molecule has 0 amide bonds. The Kier molecular flexibility index (Phi) is 5.22. The predicted molar refractivity (Wildman–Crippen MR) is 83.9 cm³/mol. The number of hydrogen-bond donors (Lipinski definition) is 1. The van der Waals surface area contributed by atoms with Crippen LogP contribution < -0.4 is 0 Å². The van der Waals surface area contributed by atoms with Crippen molar-refractivity contribution in [1.29, 1.82) is 0 Å². The van der Waals surface area contributed by atoms with E-state index in [1.807, 2.05) is 0 Å². The van der Waals surface area contributed by atoms with Gasteiger partial charge in [-0.05, 0) is 42.7 Å². The Balaban J connectivity index is 2.18. The van der Waals surface area contributed by atoms with Crippen molar-refractivity contribution >= 4 is 11.9 Å². The van der Waals surface area contributed by atoms with Crippen molar-refractivity contribution in [3.05, 3.63) is 35.4 Å². The monoisotopic (exact) mass is 304 g/mol. The Morgan fingerprint density at radius 3 is 2.41 bits per heavy atom. The lowest BCUT2D eigenvalue weighted by Gasteiger charge is -2.36. The van der Waals surface area contributed by atoms with Crippen LogP contribution in [-0.4, -0.2) is 23.1 Å². The van der Waals surface area contributed by atoms with Crippen LogP contribution in [-0.2, 0) is 4.74 Å². The summed E-state index contributed by atoms with van der Waals surface area (Å²) < 4.78 is 5.71. The molecule has 0 spiro atoms. The average molecular weight is 304 g/mol. The van der Waals surface area contributed by atoms with E-state index in [2.05, 4.69) is 20.8 Å². The topological polar surface area (TPSA) is 63.6 Å². The Morgan fingerprint density at radius 1 is 1.18 bits per heavy atom. The highest BCUT2D eigenvalue weighted by atomic mass is 16.5. The third kappa shape index (κ3) is 3.67. The molecule has 1 N–H and O–H groups in total. The molecular formula is C18H24O4. The summed E-state index contributed by atoms with van der Waals surface area (Å²) in [6.45, 7) is 6.46. The molecule has 0 aliphatic heterocycles. The van der Waals surface area contributed by atoms with E-state index in [4.69, 9.17) is 4.74 Å². The molecule has 4 nitrogen and oxygen atoms in total. The first-order valence-corrected chi connectivity index (χ1v) is 7.93. The lowest BCUT2D eigenvalue weighted by molar-refractivity contribution is -0.0176.